The molecular formula is C29H42O3Si. The minimum absolute atomic E-state index is 0.0279. The number of carboxylic acids is 1. The number of allylic oxidation sites excluding steroid dienone is 2. The van der Waals surface area contributed by atoms with E-state index in [1.54, 1.807) is 0 Å². The summed E-state index contributed by atoms with van der Waals surface area (Å²) in [6, 6.07) is 21.7. The fourth-order valence-corrected chi connectivity index (χ4v) is 9.08. The maximum Gasteiger partial charge on any atom is 0.303 e. The Bertz CT molecular complexity index is 785. The van der Waals surface area contributed by atoms with E-state index in [2.05, 4.69) is 93.6 Å². The molecule has 2 rings (SSSR count). The minimum atomic E-state index is -2.41. The lowest BCUT2D eigenvalue weighted by Crippen LogP contribution is -2.66. The maximum absolute atomic E-state index is 10.5. The Morgan fingerprint density at radius 2 is 1.27 bits per heavy atom. The highest BCUT2D eigenvalue weighted by molar-refractivity contribution is 6.99. The fraction of sp³-hybridized carbons (Fsp3) is 0.483. The lowest BCUT2D eigenvalue weighted by atomic mass is 10.1. The summed E-state index contributed by atoms with van der Waals surface area (Å²) in [6.07, 6.45) is 13.3. The molecule has 0 atom stereocenters. The molecule has 33 heavy (non-hydrogen) atoms. The molecule has 0 aliphatic carbocycles. The van der Waals surface area contributed by atoms with Gasteiger partial charge >= 0.3 is 5.97 Å². The van der Waals surface area contributed by atoms with Crippen molar-refractivity contribution in [1.29, 1.82) is 0 Å². The first kappa shape index (κ1) is 27.1. The zero-order chi connectivity index (χ0) is 24.0. The van der Waals surface area contributed by atoms with Gasteiger partial charge in [0.05, 0.1) is 0 Å². The van der Waals surface area contributed by atoms with Crippen LogP contribution in [0.2, 0.25) is 5.04 Å². The first-order valence-corrected chi connectivity index (χ1v) is 14.4. The molecule has 2 aromatic carbocycles. The normalized spacial score (nSPS) is 12.3. The van der Waals surface area contributed by atoms with E-state index in [0.29, 0.717) is 6.42 Å². The van der Waals surface area contributed by atoms with E-state index in [0.717, 1.165) is 58.0 Å². The summed E-state index contributed by atoms with van der Waals surface area (Å²) < 4.78 is 6.94. The van der Waals surface area contributed by atoms with Gasteiger partial charge in [0, 0.05) is 13.0 Å². The number of carboxylic acid groups (broad SMARTS) is 1. The Morgan fingerprint density at radius 3 is 1.76 bits per heavy atom. The molecule has 0 spiro atoms. The van der Waals surface area contributed by atoms with Gasteiger partial charge in [-0.15, -0.1) is 0 Å². The van der Waals surface area contributed by atoms with Gasteiger partial charge in [-0.25, -0.2) is 0 Å². The molecule has 4 heteroatoms. The quantitative estimate of drug-likeness (QED) is 0.180. The summed E-state index contributed by atoms with van der Waals surface area (Å²) >= 11 is 0. The molecule has 1 N–H and O–H groups in total. The molecule has 0 aliphatic rings. The lowest BCUT2D eigenvalue weighted by molar-refractivity contribution is -0.137. The lowest BCUT2D eigenvalue weighted by Gasteiger charge is -2.43. The zero-order valence-electron chi connectivity index (χ0n) is 20.8. The van der Waals surface area contributed by atoms with E-state index in [9.17, 15) is 4.79 Å². The molecule has 2 aromatic rings. The molecule has 3 nitrogen and oxygen atoms in total. The Hall–Kier alpha value is -2.17. The third-order valence-corrected chi connectivity index (χ3v) is 11.2. The van der Waals surface area contributed by atoms with Crippen LogP contribution in [0.3, 0.4) is 0 Å². The number of hydrogen-bond donors (Lipinski definition) is 1. The number of unbranched alkanes of at least 4 members (excludes halogenated alkanes) is 6. The van der Waals surface area contributed by atoms with Crippen LogP contribution in [0.5, 0.6) is 0 Å². The summed E-state index contributed by atoms with van der Waals surface area (Å²) in [4.78, 5) is 10.5. The summed E-state index contributed by atoms with van der Waals surface area (Å²) in [5, 5.41) is 11.4. The van der Waals surface area contributed by atoms with Crippen LogP contribution in [0.1, 0.15) is 78.6 Å². The van der Waals surface area contributed by atoms with E-state index in [1.165, 1.54) is 10.4 Å². The second-order valence-electron chi connectivity index (χ2n) is 9.83. The standard InChI is InChI=1S/C29H42O3Si/c1-29(2,3)33(26-20-14-12-15-21-26,27-22-16-13-17-23-27)32-25-19-11-9-7-5-4-6-8-10-18-24-28(30)31/h5,7,12-17,20-23H,4,6,8-11,18-19,24-25H2,1-3H3,(H,30,31). The Labute approximate surface area is 202 Å². The van der Waals surface area contributed by atoms with Gasteiger partial charge in [-0.05, 0) is 53.9 Å². The Kier molecular flexibility index (Phi) is 11.6. The zero-order valence-corrected chi connectivity index (χ0v) is 21.8. The highest BCUT2D eigenvalue weighted by Crippen LogP contribution is 2.36. The molecule has 0 fully saturated rings. The first-order valence-electron chi connectivity index (χ1n) is 12.5. The van der Waals surface area contributed by atoms with Crippen molar-refractivity contribution in [3.05, 3.63) is 72.8 Å². The van der Waals surface area contributed by atoms with Gasteiger partial charge in [0.2, 0.25) is 0 Å². The van der Waals surface area contributed by atoms with Gasteiger partial charge in [-0.1, -0.05) is 106 Å². The number of carbonyl (C=O) groups is 1. The van der Waals surface area contributed by atoms with Crippen LogP contribution in [0.15, 0.2) is 72.8 Å². The van der Waals surface area contributed by atoms with Gasteiger partial charge in [0.25, 0.3) is 8.32 Å². The van der Waals surface area contributed by atoms with Crippen molar-refractivity contribution in [2.24, 2.45) is 0 Å². The number of benzene rings is 2. The van der Waals surface area contributed by atoms with Crippen molar-refractivity contribution >= 4 is 24.7 Å². The minimum Gasteiger partial charge on any atom is -0.481 e. The molecule has 0 aromatic heterocycles. The van der Waals surface area contributed by atoms with Crippen LogP contribution in [-0.4, -0.2) is 26.0 Å². The maximum atomic E-state index is 10.5. The average Bonchev–Trinajstić information content (AvgIpc) is 2.79. The predicted molar refractivity (Wildman–Crippen MR) is 142 cm³/mol. The molecule has 180 valence electrons. The summed E-state index contributed by atoms with van der Waals surface area (Å²) in [5.74, 6) is -0.686. The van der Waals surface area contributed by atoms with Crippen LogP contribution >= 0.6 is 0 Å². The number of rotatable bonds is 15. The molecule has 0 amide bonds. The average molecular weight is 467 g/mol. The van der Waals surface area contributed by atoms with Gasteiger partial charge in [-0.2, -0.15) is 0 Å². The molecule has 0 saturated heterocycles. The predicted octanol–water partition coefficient (Wildman–Crippen LogP) is 6.71. The van der Waals surface area contributed by atoms with Crippen molar-refractivity contribution in [3.63, 3.8) is 0 Å². The largest absolute Gasteiger partial charge is 0.481 e. The summed E-state index contributed by atoms with van der Waals surface area (Å²) in [5.41, 5.74) is 0. The van der Waals surface area contributed by atoms with Crippen LogP contribution in [0.25, 0.3) is 0 Å². The van der Waals surface area contributed by atoms with Gasteiger partial charge in [-0.3, -0.25) is 4.79 Å². The molecule has 0 radical (unpaired) electrons. The van der Waals surface area contributed by atoms with E-state index in [-0.39, 0.29) is 5.04 Å². The summed E-state index contributed by atoms with van der Waals surface area (Å²) in [7, 11) is -2.41. The van der Waals surface area contributed by atoms with Crippen molar-refractivity contribution < 1.29 is 14.3 Å². The van der Waals surface area contributed by atoms with Gasteiger partial charge < -0.3 is 9.53 Å². The van der Waals surface area contributed by atoms with Crippen LogP contribution < -0.4 is 10.4 Å². The molecule has 0 saturated carbocycles. The highest BCUT2D eigenvalue weighted by atomic mass is 28.4. The monoisotopic (exact) mass is 466 g/mol. The first-order chi connectivity index (χ1) is 15.9. The Morgan fingerprint density at radius 1 is 0.788 bits per heavy atom. The van der Waals surface area contributed by atoms with E-state index in [4.69, 9.17) is 9.53 Å². The second kappa shape index (κ2) is 14.2. The second-order valence-corrected chi connectivity index (χ2v) is 14.1. The Balaban J connectivity index is 1.84. The molecular weight excluding hydrogens is 424 g/mol. The van der Waals surface area contributed by atoms with Crippen molar-refractivity contribution in [3.8, 4) is 0 Å². The van der Waals surface area contributed by atoms with Crippen LogP contribution in [-0.2, 0) is 9.22 Å². The van der Waals surface area contributed by atoms with Crippen LogP contribution in [0, 0.1) is 0 Å². The van der Waals surface area contributed by atoms with E-state index >= 15 is 0 Å². The van der Waals surface area contributed by atoms with Crippen molar-refractivity contribution in [2.45, 2.75) is 83.6 Å². The third kappa shape index (κ3) is 8.60. The summed E-state index contributed by atoms with van der Waals surface area (Å²) in [6.45, 7) is 7.75. The fourth-order valence-electron chi connectivity index (χ4n) is 4.48. The number of aliphatic carboxylic acids is 1. The van der Waals surface area contributed by atoms with E-state index < -0.39 is 14.3 Å². The highest BCUT2D eigenvalue weighted by Gasteiger charge is 2.49. The van der Waals surface area contributed by atoms with Gasteiger partial charge in [0.15, 0.2) is 0 Å². The topological polar surface area (TPSA) is 46.5 Å². The van der Waals surface area contributed by atoms with Crippen LogP contribution in [0.4, 0.5) is 0 Å². The van der Waals surface area contributed by atoms with Crippen molar-refractivity contribution in [1.82, 2.24) is 0 Å². The van der Waals surface area contributed by atoms with Crippen molar-refractivity contribution in [2.75, 3.05) is 6.61 Å². The molecule has 0 bridgehead atoms. The number of hydrogen-bond acceptors (Lipinski definition) is 2. The van der Waals surface area contributed by atoms with E-state index in [1.807, 2.05) is 0 Å². The van der Waals surface area contributed by atoms with Gasteiger partial charge in [0.1, 0.15) is 0 Å². The molecule has 0 aliphatic heterocycles. The third-order valence-electron chi connectivity index (χ3n) is 6.18. The SMILES string of the molecule is CC(C)(C)[Si](OCCCCC=CCCCCCCC(=O)O)(c1ccccc1)c1ccccc1. The molecule has 0 heterocycles. The molecule has 0 unspecified atom stereocenters. The smallest absolute Gasteiger partial charge is 0.303 e.